The zero-order valence-electron chi connectivity index (χ0n) is 7.04. The van der Waals surface area contributed by atoms with Crippen molar-refractivity contribution in [3.63, 3.8) is 0 Å². The zero-order valence-corrected chi connectivity index (χ0v) is 7.04. The van der Waals surface area contributed by atoms with Crippen molar-refractivity contribution in [3.8, 4) is 0 Å². The lowest BCUT2D eigenvalue weighted by molar-refractivity contribution is -0.384. The van der Waals surface area contributed by atoms with Gasteiger partial charge in [0.25, 0.3) is 5.69 Å². The van der Waals surface area contributed by atoms with Gasteiger partial charge >= 0.3 is 0 Å². The number of fused-ring (bicyclic) bond motifs is 1. The van der Waals surface area contributed by atoms with Crippen molar-refractivity contribution in [1.82, 2.24) is 9.97 Å². The van der Waals surface area contributed by atoms with Crippen molar-refractivity contribution in [2.75, 3.05) is 5.73 Å². The molecule has 70 valence electrons. The fourth-order valence-corrected chi connectivity index (χ4v) is 1.14. The molecule has 0 atom stereocenters. The third-order valence-corrected chi connectivity index (χ3v) is 1.80. The van der Waals surface area contributed by atoms with Gasteiger partial charge in [0.15, 0.2) is 0 Å². The van der Waals surface area contributed by atoms with E-state index in [1.165, 1.54) is 18.3 Å². The summed E-state index contributed by atoms with van der Waals surface area (Å²) in [6.45, 7) is 0. The standard InChI is InChI=1S/C8H6N4O2/c9-8-10-4-5-1-2-6(12(13)14)3-7(5)11-8/h1-4H,(H2,9,10,11). The van der Waals surface area contributed by atoms with Gasteiger partial charge in [0.2, 0.25) is 5.95 Å². The third kappa shape index (κ3) is 1.33. The third-order valence-electron chi connectivity index (χ3n) is 1.80. The maximum atomic E-state index is 10.5. The van der Waals surface area contributed by atoms with Crippen LogP contribution in [-0.2, 0) is 0 Å². The zero-order chi connectivity index (χ0) is 10.1. The highest BCUT2D eigenvalue weighted by molar-refractivity contribution is 5.80. The number of nitro groups is 1. The Kier molecular flexibility index (Phi) is 1.74. The van der Waals surface area contributed by atoms with Gasteiger partial charge in [-0.2, -0.15) is 0 Å². The van der Waals surface area contributed by atoms with E-state index in [2.05, 4.69) is 9.97 Å². The lowest BCUT2D eigenvalue weighted by Crippen LogP contribution is -1.95. The number of nitrogen functional groups attached to an aromatic ring is 1. The van der Waals surface area contributed by atoms with Crippen LogP contribution in [0, 0.1) is 10.1 Å². The Balaban J connectivity index is 2.69. The average molecular weight is 190 g/mol. The normalized spacial score (nSPS) is 10.3. The van der Waals surface area contributed by atoms with Crippen molar-refractivity contribution >= 4 is 22.5 Å². The second-order valence-corrected chi connectivity index (χ2v) is 2.73. The number of nitrogens with zero attached hydrogens (tertiary/aromatic N) is 3. The van der Waals surface area contributed by atoms with E-state index in [4.69, 9.17) is 5.73 Å². The first-order valence-electron chi connectivity index (χ1n) is 3.83. The van der Waals surface area contributed by atoms with Crippen LogP contribution in [0.5, 0.6) is 0 Å². The number of rotatable bonds is 1. The van der Waals surface area contributed by atoms with Gasteiger partial charge in [-0.05, 0) is 6.07 Å². The van der Waals surface area contributed by atoms with Crippen molar-refractivity contribution in [3.05, 3.63) is 34.5 Å². The predicted octanol–water partition coefficient (Wildman–Crippen LogP) is 1.12. The largest absolute Gasteiger partial charge is 0.368 e. The Morgan fingerprint density at radius 1 is 1.43 bits per heavy atom. The summed E-state index contributed by atoms with van der Waals surface area (Å²) in [6.07, 6.45) is 1.53. The summed E-state index contributed by atoms with van der Waals surface area (Å²) in [5, 5.41) is 11.2. The van der Waals surface area contributed by atoms with Crippen LogP contribution in [0.25, 0.3) is 10.9 Å². The molecule has 1 aromatic heterocycles. The Morgan fingerprint density at radius 2 is 2.21 bits per heavy atom. The van der Waals surface area contributed by atoms with Crippen LogP contribution >= 0.6 is 0 Å². The number of aromatic nitrogens is 2. The summed E-state index contributed by atoms with van der Waals surface area (Å²) in [4.78, 5) is 17.6. The highest BCUT2D eigenvalue weighted by Gasteiger charge is 2.06. The molecule has 0 radical (unpaired) electrons. The van der Waals surface area contributed by atoms with Crippen LogP contribution in [0.3, 0.4) is 0 Å². The number of anilines is 1. The first kappa shape index (κ1) is 8.36. The van der Waals surface area contributed by atoms with Gasteiger partial charge < -0.3 is 5.73 Å². The van der Waals surface area contributed by atoms with Gasteiger partial charge in [-0.1, -0.05) is 0 Å². The van der Waals surface area contributed by atoms with E-state index in [9.17, 15) is 10.1 Å². The summed E-state index contributed by atoms with van der Waals surface area (Å²) in [5.41, 5.74) is 5.83. The lowest BCUT2D eigenvalue weighted by Gasteiger charge is -1.97. The maximum Gasteiger partial charge on any atom is 0.271 e. The minimum Gasteiger partial charge on any atom is -0.368 e. The van der Waals surface area contributed by atoms with Crippen LogP contribution in [0.15, 0.2) is 24.4 Å². The molecule has 0 spiro atoms. The van der Waals surface area contributed by atoms with Crippen molar-refractivity contribution in [2.24, 2.45) is 0 Å². The summed E-state index contributed by atoms with van der Waals surface area (Å²) in [6, 6.07) is 4.36. The van der Waals surface area contributed by atoms with Gasteiger partial charge in [-0.3, -0.25) is 10.1 Å². The van der Waals surface area contributed by atoms with Crippen LogP contribution in [0.2, 0.25) is 0 Å². The molecule has 0 saturated carbocycles. The molecule has 0 bridgehead atoms. The number of hydrogen-bond acceptors (Lipinski definition) is 5. The molecule has 1 heterocycles. The molecule has 0 saturated heterocycles. The van der Waals surface area contributed by atoms with Crippen molar-refractivity contribution < 1.29 is 4.92 Å². The van der Waals surface area contributed by atoms with E-state index in [0.717, 1.165) is 5.39 Å². The fraction of sp³-hybridized carbons (Fsp3) is 0. The monoisotopic (exact) mass is 190 g/mol. The van der Waals surface area contributed by atoms with Gasteiger partial charge in [0.05, 0.1) is 10.4 Å². The molecule has 2 rings (SSSR count). The molecule has 2 N–H and O–H groups in total. The highest BCUT2D eigenvalue weighted by atomic mass is 16.6. The van der Waals surface area contributed by atoms with E-state index < -0.39 is 4.92 Å². The van der Waals surface area contributed by atoms with Crippen LogP contribution in [0.4, 0.5) is 11.6 Å². The first-order valence-corrected chi connectivity index (χ1v) is 3.83. The second-order valence-electron chi connectivity index (χ2n) is 2.73. The van der Waals surface area contributed by atoms with E-state index in [1.807, 2.05) is 0 Å². The molecule has 0 fully saturated rings. The second kappa shape index (κ2) is 2.91. The van der Waals surface area contributed by atoms with Crippen molar-refractivity contribution in [2.45, 2.75) is 0 Å². The van der Waals surface area contributed by atoms with E-state index in [-0.39, 0.29) is 11.6 Å². The minimum absolute atomic E-state index is 0.00407. The van der Waals surface area contributed by atoms with Crippen LogP contribution in [-0.4, -0.2) is 14.9 Å². The number of nitrogens with two attached hydrogens (primary N) is 1. The molecule has 0 aliphatic carbocycles. The minimum atomic E-state index is -0.474. The highest BCUT2D eigenvalue weighted by Crippen LogP contribution is 2.18. The molecule has 6 heteroatoms. The van der Waals surface area contributed by atoms with Gasteiger partial charge in [-0.15, -0.1) is 0 Å². The molecule has 0 amide bonds. The molecule has 1 aromatic carbocycles. The fourth-order valence-electron chi connectivity index (χ4n) is 1.14. The number of non-ortho nitro benzene ring substituents is 1. The molecular weight excluding hydrogens is 184 g/mol. The quantitative estimate of drug-likeness (QED) is 0.537. The number of nitro benzene ring substituents is 1. The summed E-state index contributed by atoms with van der Waals surface area (Å²) >= 11 is 0. The smallest absolute Gasteiger partial charge is 0.271 e. The Labute approximate surface area is 78.5 Å². The lowest BCUT2D eigenvalue weighted by atomic mass is 10.2. The Morgan fingerprint density at radius 3 is 2.93 bits per heavy atom. The van der Waals surface area contributed by atoms with Gasteiger partial charge in [0.1, 0.15) is 0 Å². The summed E-state index contributed by atoms with van der Waals surface area (Å²) < 4.78 is 0. The average Bonchev–Trinajstić information content (AvgIpc) is 2.16. The van der Waals surface area contributed by atoms with E-state index in [0.29, 0.717) is 5.52 Å². The molecule has 0 aliphatic rings. The molecule has 2 aromatic rings. The molecule has 0 unspecified atom stereocenters. The van der Waals surface area contributed by atoms with Gasteiger partial charge in [-0.25, -0.2) is 9.97 Å². The molecular formula is C8H6N4O2. The van der Waals surface area contributed by atoms with Crippen LogP contribution < -0.4 is 5.73 Å². The SMILES string of the molecule is Nc1ncc2ccc([N+](=O)[O-])cc2n1. The summed E-state index contributed by atoms with van der Waals surface area (Å²) in [7, 11) is 0. The predicted molar refractivity (Wildman–Crippen MR) is 50.6 cm³/mol. The molecule has 6 nitrogen and oxygen atoms in total. The first-order chi connectivity index (χ1) is 6.66. The maximum absolute atomic E-state index is 10.5. The van der Waals surface area contributed by atoms with Crippen LogP contribution in [0.1, 0.15) is 0 Å². The molecule has 0 aliphatic heterocycles. The van der Waals surface area contributed by atoms with Crippen molar-refractivity contribution in [1.29, 1.82) is 0 Å². The Bertz CT molecular complexity index is 512. The Hall–Kier alpha value is -2.24. The topological polar surface area (TPSA) is 94.9 Å². The van der Waals surface area contributed by atoms with Gasteiger partial charge in [0, 0.05) is 23.7 Å². The number of hydrogen-bond donors (Lipinski definition) is 1. The van der Waals surface area contributed by atoms with E-state index in [1.54, 1.807) is 6.07 Å². The molecule has 14 heavy (non-hydrogen) atoms. The summed E-state index contributed by atoms with van der Waals surface area (Å²) in [5.74, 6) is 0.109. The van der Waals surface area contributed by atoms with E-state index >= 15 is 0 Å². The number of benzene rings is 1.